The van der Waals surface area contributed by atoms with Gasteiger partial charge in [0, 0.05) is 6.04 Å². The van der Waals surface area contributed by atoms with Gasteiger partial charge in [-0.2, -0.15) is 0 Å². The molecule has 2 heteroatoms. The van der Waals surface area contributed by atoms with Gasteiger partial charge in [0.2, 0.25) is 0 Å². The molecule has 2 nitrogen and oxygen atoms in total. The smallest absolute Gasteiger partial charge is 0.0665 e. The number of piperidine rings is 1. The maximum absolute atomic E-state index is 9.20. The van der Waals surface area contributed by atoms with Crippen molar-refractivity contribution in [2.24, 2.45) is 5.92 Å². The fraction of sp³-hybridized carbons (Fsp3) is 1.00. The molecule has 10 heavy (non-hydrogen) atoms. The summed E-state index contributed by atoms with van der Waals surface area (Å²) in [7, 11) is 0. The second kappa shape index (κ2) is 3.35. The van der Waals surface area contributed by atoms with Gasteiger partial charge >= 0.3 is 0 Å². The molecule has 0 bridgehead atoms. The van der Waals surface area contributed by atoms with E-state index in [4.69, 9.17) is 0 Å². The van der Waals surface area contributed by atoms with Gasteiger partial charge < -0.3 is 10.4 Å². The molecule has 3 atom stereocenters. The number of hydrogen-bond donors (Lipinski definition) is 2. The molecule has 2 N–H and O–H groups in total. The molecule has 0 aromatic carbocycles. The number of nitrogens with one attached hydrogen (secondary N) is 1. The first-order valence-corrected chi connectivity index (χ1v) is 4.11. The van der Waals surface area contributed by atoms with E-state index in [9.17, 15) is 5.11 Å². The van der Waals surface area contributed by atoms with Crippen LogP contribution < -0.4 is 5.32 Å². The van der Waals surface area contributed by atoms with Crippen LogP contribution in [0.1, 0.15) is 26.7 Å². The zero-order valence-corrected chi connectivity index (χ0v) is 6.80. The molecule has 0 aromatic rings. The van der Waals surface area contributed by atoms with Gasteiger partial charge in [-0.25, -0.2) is 0 Å². The highest BCUT2D eigenvalue weighted by Gasteiger charge is 2.20. The standard InChI is InChI=1S/C8H17NO/c1-6-3-4-8(7(2)10)9-5-6/h6-10H,3-5H2,1-2H3/t6-,7?,8-/m0/s1. The molecule has 60 valence electrons. The minimum atomic E-state index is -0.188. The van der Waals surface area contributed by atoms with Crippen molar-refractivity contribution in [2.75, 3.05) is 6.54 Å². The molecule has 0 saturated carbocycles. The fourth-order valence-electron chi connectivity index (χ4n) is 1.43. The number of aliphatic hydroxyl groups is 1. The minimum absolute atomic E-state index is 0.188. The molecule has 1 saturated heterocycles. The van der Waals surface area contributed by atoms with Gasteiger partial charge in [0.15, 0.2) is 0 Å². The van der Waals surface area contributed by atoms with Crippen LogP contribution in [-0.2, 0) is 0 Å². The van der Waals surface area contributed by atoms with Crippen LogP contribution in [0.5, 0.6) is 0 Å². The molecule has 1 unspecified atom stereocenters. The van der Waals surface area contributed by atoms with E-state index < -0.39 is 0 Å². The topological polar surface area (TPSA) is 32.3 Å². The molecule has 0 radical (unpaired) electrons. The van der Waals surface area contributed by atoms with Crippen molar-refractivity contribution in [2.45, 2.75) is 38.8 Å². The Morgan fingerprint density at radius 1 is 1.50 bits per heavy atom. The van der Waals surface area contributed by atoms with E-state index in [-0.39, 0.29) is 6.10 Å². The Balaban J connectivity index is 2.26. The highest BCUT2D eigenvalue weighted by molar-refractivity contribution is 4.79. The Morgan fingerprint density at radius 3 is 2.60 bits per heavy atom. The summed E-state index contributed by atoms with van der Waals surface area (Å²) in [5.41, 5.74) is 0. The third-order valence-corrected chi connectivity index (χ3v) is 2.28. The van der Waals surface area contributed by atoms with E-state index in [0.29, 0.717) is 6.04 Å². The van der Waals surface area contributed by atoms with Crippen LogP contribution in [0.15, 0.2) is 0 Å². The first-order valence-electron chi connectivity index (χ1n) is 4.11. The SMILES string of the molecule is CC(O)[C@@H]1CC[C@H](C)CN1. The molecule has 0 aromatic heterocycles. The molecule has 1 aliphatic heterocycles. The molecule has 0 spiro atoms. The normalized spacial score (nSPS) is 37.5. The zero-order valence-electron chi connectivity index (χ0n) is 6.80. The second-order valence-corrected chi connectivity index (χ2v) is 3.44. The highest BCUT2D eigenvalue weighted by atomic mass is 16.3. The monoisotopic (exact) mass is 143 g/mol. The van der Waals surface area contributed by atoms with Crippen LogP contribution >= 0.6 is 0 Å². The van der Waals surface area contributed by atoms with E-state index in [1.54, 1.807) is 0 Å². The predicted octanol–water partition coefficient (Wildman–Crippen LogP) is 0.755. The summed E-state index contributed by atoms with van der Waals surface area (Å²) in [5, 5.41) is 12.5. The Labute approximate surface area is 62.6 Å². The summed E-state index contributed by atoms with van der Waals surface area (Å²) in [6.45, 7) is 5.16. The second-order valence-electron chi connectivity index (χ2n) is 3.44. The van der Waals surface area contributed by atoms with Crippen molar-refractivity contribution >= 4 is 0 Å². The van der Waals surface area contributed by atoms with Gasteiger partial charge in [-0.3, -0.25) is 0 Å². The summed E-state index contributed by atoms with van der Waals surface area (Å²) < 4.78 is 0. The molecule has 0 aliphatic carbocycles. The lowest BCUT2D eigenvalue weighted by Crippen LogP contribution is -2.44. The molecular formula is C8H17NO. The Hall–Kier alpha value is -0.0800. The predicted molar refractivity (Wildman–Crippen MR) is 41.9 cm³/mol. The van der Waals surface area contributed by atoms with Gasteiger partial charge in [0.1, 0.15) is 0 Å². The van der Waals surface area contributed by atoms with Crippen molar-refractivity contribution in [3.05, 3.63) is 0 Å². The quantitative estimate of drug-likeness (QED) is 0.568. The maximum Gasteiger partial charge on any atom is 0.0665 e. The molecule has 0 amide bonds. The van der Waals surface area contributed by atoms with Crippen LogP contribution in [0.3, 0.4) is 0 Å². The van der Waals surface area contributed by atoms with Crippen molar-refractivity contribution in [1.82, 2.24) is 5.32 Å². The van der Waals surface area contributed by atoms with E-state index in [1.165, 1.54) is 6.42 Å². The third kappa shape index (κ3) is 1.96. The molecule has 1 aliphatic rings. The van der Waals surface area contributed by atoms with Crippen LogP contribution in [0.2, 0.25) is 0 Å². The first kappa shape index (κ1) is 8.02. The van der Waals surface area contributed by atoms with Gasteiger partial charge in [-0.15, -0.1) is 0 Å². The Morgan fingerprint density at radius 2 is 2.20 bits per heavy atom. The lowest BCUT2D eigenvalue weighted by molar-refractivity contribution is 0.120. The Kier molecular flexibility index (Phi) is 2.69. The summed E-state index contributed by atoms with van der Waals surface area (Å²) in [6, 6.07) is 0.344. The van der Waals surface area contributed by atoms with Crippen LogP contribution in [0.25, 0.3) is 0 Å². The van der Waals surface area contributed by atoms with E-state index in [1.807, 2.05) is 6.92 Å². The lowest BCUT2D eigenvalue weighted by atomic mass is 9.94. The van der Waals surface area contributed by atoms with Crippen molar-refractivity contribution in [3.8, 4) is 0 Å². The average molecular weight is 143 g/mol. The minimum Gasteiger partial charge on any atom is -0.392 e. The van der Waals surface area contributed by atoms with E-state index in [0.717, 1.165) is 18.9 Å². The first-order chi connectivity index (χ1) is 4.70. The van der Waals surface area contributed by atoms with Crippen molar-refractivity contribution in [3.63, 3.8) is 0 Å². The number of hydrogen-bond acceptors (Lipinski definition) is 2. The van der Waals surface area contributed by atoms with Crippen molar-refractivity contribution < 1.29 is 5.11 Å². The number of aliphatic hydroxyl groups excluding tert-OH is 1. The fourth-order valence-corrected chi connectivity index (χ4v) is 1.43. The average Bonchev–Trinajstić information content (AvgIpc) is 1.88. The summed E-state index contributed by atoms with van der Waals surface area (Å²) >= 11 is 0. The van der Waals surface area contributed by atoms with Crippen LogP contribution in [0.4, 0.5) is 0 Å². The molecule has 1 fully saturated rings. The highest BCUT2D eigenvalue weighted by Crippen LogP contribution is 2.14. The lowest BCUT2D eigenvalue weighted by Gasteiger charge is -2.29. The maximum atomic E-state index is 9.20. The zero-order chi connectivity index (χ0) is 7.56. The molecule has 1 rings (SSSR count). The van der Waals surface area contributed by atoms with Crippen LogP contribution in [-0.4, -0.2) is 23.8 Å². The van der Waals surface area contributed by atoms with Gasteiger partial charge in [0.05, 0.1) is 6.10 Å². The summed E-state index contributed by atoms with van der Waals surface area (Å²) in [6.07, 6.45) is 2.19. The Bertz CT molecular complexity index is 95.4. The largest absolute Gasteiger partial charge is 0.392 e. The van der Waals surface area contributed by atoms with E-state index >= 15 is 0 Å². The van der Waals surface area contributed by atoms with Gasteiger partial charge in [-0.1, -0.05) is 6.92 Å². The van der Waals surface area contributed by atoms with Crippen LogP contribution in [0, 0.1) is 5.92 Å². The third-order valence-electron chi connectivity index (χ3n) is 2.28. The van der Waals surface area contributed by atoms with Gasteiger partial charge in [-0.05, 0) is 32.2 Å². The summed E-state index contributed by atoms with van der Waals surface area (Å²) in [4.78, 5) is 0. The van der Waals surface area contributed by atoms with E-state index in [2.05, 4.69) is 12.2 Å². The number of rotatable bonds is 1. The summed E-state index contributed by atoms with van der Waals surface area (Å²) in [5.74, 6) is 0.787. The van der Waals surface area contributed by atoms with Crippen molar-refractivity contribution in [1.29, 1.82) is 0 Å². The van der Waals surface area contributed by atoms with Gasteiger partial charge in [0.25, 0.3) is 0 Å². The molecule has 1 heterocycles. The molecular weight excluding hydrogens is 126 g/mol.